The minimum atomic E-state index is -0.222. The molecule has 1 aromatic heterocycles. The average Bonchev–Trinajstić information content (AvgIpc) is 3.35. The van der Waals surface area contributed by atoms with Crippen molar-refractivity contribution < 1.29 is 4.79 Å². The molecule has 1 aliphatic carbocycles. The number of aromatic nitrogens is 2. The van der Waals surface area contributed by atoms with Gasteiger partial charge in [0, 0.05) is 30.5 Å². The number of rotatable bonds is 5. The number of nitrogens with one attached hydrogen (secondary N) is 1. The van der Waals surface area contributed by atoms with E-state index in [9.17, 15) is 4.79 Å². The first-order chi connectivity index (χ1) is 11.0. The predicted molar refractivity (Wildman–Crippen MR) is 93.7 cm³/mol. The van der Waals surface area contributed by atoms with Gasteiger partial charge in [0.2, 0.25) is 0 Å². The van der Waals surface area contributed by atoms with Gasteiger partial charge in [0.1, 0.15) is 0 Å². The molecule has 5 nitrogen and oxygen atoms in total. The van der Waals surface area contributed by atoms with Crippen molar-refractivity contribution in [3.63, 3.8) is 0 Å². The van der Waals surface area contributed by atoms with Crippen molar-refractivity contribution in [1.29, 1.82) is 0 Å². The molecule has 1 saturated carbocycles. The summed E-state index contributed by atoms with van der Waals surface area (Å²) in [5.74, 6) is 0.557. The van der Waals surface area contributed by atoms with Crippen LogP contribution in [0.5, 0.6) is 0 Å². The molecule has 1 amide bonds. The number of carbonyl (C=O) groups excluding carboxylic acids is 1. The third kappa shape index (κ3) is 3.37. The van der Waals surface area contributed by atoms with Crippen LogP contribution in [0.4, 0.5) is 5.82 Å². The number of hydrogen-bond acceptors (Lipinski definition) is 4. The molecule has 0 unspecified atom stereocenters. The molecular formula is C17H19BrN4O. The number of anilines is 1. The largest absolute Gasteiger partial charge is 0.357 e. The normalized spacial score (nSPS) is 15.1. The second-order valence-corrected chi connectivity index (χ2v) is 6.91. The molecule has 0 spiro atoms. The smallest absolute Gasteiger partial charge is 0.271 e. The Morgan fingerprint density at radius 1 is 1.22 bits per heavy atom. The van der Waals surface area contributed by atoms with Crippen LogP contribution >= 0.6 is 15.9 Å². The Morgan fingerprint density at radius 2 is 1.91 bits per heavy atom. The molecule has 1 heterocycles. The fourth-order valence-electron chi connectivity index (χ4n) is 2.81. The topological polar surface area (TPSA) is 58.1 Å². The first kappa shape index (κ1) is 15.9. The van der Waals surface area contributed by atoms with Crippen LogP contribution in [0.15, 0.2) is 40.9 Å². The molecule has 120 valence electrons. The third-order valence-corrected chi connectivity index (χ3v) is 4.88. The van der Waals surface area contributed by atoms with Crippen LogP contribution in [0.3, 0.4) is 0 Å². The zero-order chi connectivity index (χ0) is 16.4. The van der Waals surface area contributed by atoms with E-state index in [1.54, 1.807) is 13.1 Å². The predicted octanol–water partition coefficient (Wildman–Crippen LogP) is 2.77. The fraction of sp³-hybridized carbons (Fsp3) is 0.353. The number of amides is 1. The van der Waals surface area contributed by atoms with E-state index in [2.05, 4.69) is 60.6 Å². The highest BCUT2D eigenvalue weighted by molar-refractivity contribution is 9.10. The summed E-state index contributed by atoms with van der Waals surface area (Å²) in [4.78, 5) is 13.6. The molecule has 2 aromatic rings. The molecule has 0 aliphatic heterocycles. The maximum atomic E-state index is 11.5. The molecule has 0 saturated heterocycles. The standard InChI is InChI=1S/C17H19BrN4O/c1-19-16(23)14-7-8-15(21-20-14)22(2)11-17(9-10-17)12-3-5-13(18)6-4-12/h3-8H,9-11H2,1-2H3,(H,19,23). The number of nitrogens with zero attached hydrogens (tertiary/aromatic N) is 3. The van der Waals surface area contributed by atoms with Crippen molar-refractivity contribution in [3.05, 3.63) is 52.1 Å². The number of benzene rings is 1. The van der Waals surface area contributed by atoms with E-state index in [0.29, 0.717) is 5.69 Å². The molecule has 0 atom stereocenters. The minimum absolute atomic E-state index is 0.205. The monoisotopic (exact) mass is 374 g/mol. The van der Waals surface area contributed by atoms with Gasteiger partial charge in [-0.05, 0) is 42.7 Å². The van der Waals surface area contributed by atoms with Crippen LogP contribution in [0, 0.1) is 0 Å². The van der Waals surface area contributed by atoms with Crippen molar-refractivity contribution in [2.45, 2.75) is 18.3 Å². The van der Waals surface area contributed by atoms with Crippen molar-refractivity contribution >= 4 is 27.7 Å². The zero-order valence-corrected chi connectivity index (χ0v) is 14.8. The van der Waals surface area contributed by atoms with Gasteiger partial charge in [-0.1, -0.05) is 28.1 Å². The Morgan fingerprint density at radius 3 is 2.43 bits per heavy atom. The van der Waals surface area contributed by atoms with Crippen molar-refractivity contribution in [1.82, 2.24) is 15.5 Å². The number of likely N-dealkylation sites (N-methyl/N-ethyl adjacent to an activating group) is 1. The van der Waals surface area contributed by atoms with Crippen LogP contribution in [0.2, 0.25) is 0 Å². The lowest BCUT2D eigenvalue weighted by Gasteiger charge is -2.25. The highest BCUT2D eigenvalue weighted by Gasteiger charge is 2.45. The maximum absolute atomic E-state index is 11.5. The zero-order valence-electron chi connectivity index (χ0n) is 13.2. The number of halogens is 1. The first-order valence-corrected chi connectivity index (χ1v) is 8.36. The molecule has 1 aliphatic rings. The third-order valence-electron chi connectivity index (χ3n) is 4.35. The van der Waals surface area contributed by atoms with E-state index in [-0.39, 0.29) is 11.3 Å². The van der Waals surface area contributed by atoms with E-state index in [1.165, 1.54) is 18.4 Å². The molecular weight excluding hydrogens is 356 g/mol. The van der Waals surface area contributed by atoms with Gasteiger partial charge in [-0.25, -0.2) is 0 Å². The molecule has 0 radical (unpaired) electrons. The molecule has 1 fully saturated rings. The summed E-state index contributed by atoms with van der Waals surface area (Å²) in [6.45, 7) is 0.892. The van der Waals surface area contributed by atoms with E-state index in [0.717, 1.165) is 16.8 Å². The molecule has 1 N–H and O–H groups in total. The van der Waals surface area contributed by atoms with Gasteiger partial charge in [0.25, 0.3) is 5.91 Å². The summed E-state index contributed by atoms with van der Waals surface area (Å²) in [6.07, 6.45) is 2.37. The fourth-order valence-corrected chi connectivity index (χ4v) is 3.07. The molecule has 0 bridgehead atoms. The van der Waals surface area contributed by atoms with Gasteiger partial charge < -0.3 is 10.2 Å². The second kappa shape index (κ2) is 6.28. The average molecular weight is 375 g/mol. The van der Waals surface area contributed by atoms with E-state index in [1.807, 2.05) is 13.1 Å². The van der Waals surface area contributed by atoms with Crippen LogP contribution < -0.4 is 10.2 Å². The van der Waals surface area contributed by atoms with E-state index in [4.69, 9.17) is 0 Å². The summed E-state index contributed by atoms with van der Waals surface area (Å²) in [6, 6.07) is 12.1. The van der Waals surface area contributed by atoms with Gasteiger partial charge in [-0.3, -0.25) is 4.79 Å². The van der Waals surface area contributed by atoms with Gasteiger partial charge in [0.05, 0.1) is 0 Å². The molecule has 3 rings (SSSR count). The summed E-state index contributed by atoms with van der Waals surface area (Å²) in [7, 11) is 3.60. The Labute approximate surface area is 144 Å². The van der Waals surface area contributed by atoms with Gasteiger partial charge in [0.15, 0.2) is 11.5 Å². The van der Waals surface area contributed by atoms with Crippen molar-refractivity contribution in [2.24, 2.45) is 0 Å². The second-order valence-electron chi connectivity index (χ2n) is 6.00. The van der Waals surface area contributed by atoms with Crippen LogP contribution in [-0.4, -0.2) is 36.7 Å². The van der Waals surface area contributed by atoms with Crippen molar-refractivity contribution in [2.75, 3.05) is 25.5 Å². The van der Waals surface area contributed by atoms with Crippen LogP contribution in [0.1, 0.15) is 28.9 Å². The molecule has 6 heteroatoms. The Kier molecular flexibility index (Phi) is 4.35. The van der Waals surface area contributed by atoms with Gasteiger partial charge in [-0.15, -0.1) is 10.2 Å². The van der Waals surface area contributed by atoms with Crippen LogP contribution in [-0.2, 0) is 5.41 Å². The Balaban J connectivity index is 1.72. The SMILES string of the molecule is CNC(=O)c1ccc(N(C)CC2(c3ccc(Br)cc3)CC2)nn1. The quantitative estimate of drug-likeness (QED) is 0.873. The molecule has 23 heavy (non-hydrogen) atoms. The van der Waals surface area contributed by atoms with E-state index >= 15 is 0 Å². The lowest BCUT2D eigenvalue weighted by Crippen LogP contribution is -2.30. The first-order valence-electron chi connectivity index (χ1n) is 7.57. The van der Waals surface area contributed by atoms with Gasteiger partial charge >= 0.3 is 0 Å². The molecule has 1 aromatic carbocycles. The van der Waals surface area contributed by atoms with Gasteiger partial charge in [-0.2, -0.15) is 0 Å². The Bertz CT molecular complexity index is 696. The highest BCUT2D eigenvalue weighted by Crippen LogP contribution is 2.49. The highest BCUT2D eigenvalue weighted by atomic mass is 79.9. The summed E-state index contributed by atoms with van der Waals surface area (Å²) in [5, 5.41) is 10.7. The van der Waals surface area contributed by atoms with Crippen molar-refractivity contribution in [3.8, 4) is 0 Å². The summed E-state index contributed by atoms with van der Waals surface area (Å²) >= 11 is 3.48. The minimum Gasteiger partial charge on any atom is -0.357 e. The Hall–Kier alpha value is -1.95. The van der Waals surface area contributed by atoms with E-state index < -0.39 is 0 Å². The lowest BCUT2D eigenvalue weighted by molar-refractivity contribution is 0.0957. The number of carbonyl (C=O) groups is 1. The summed E-state index contributed by atoms with van der Waals surface area (Å²) in [5.41, 5.74) is 1.90. The lowest BCUT2D eigenvalue weighted by atomic mass is 9.95. The summed E-state index contributed by atoms with van der Waals surface area (Å²) < 4.78 is 1.10. The van der Waals surface area contributed by atoms with Crippen LogP contribution in [0.25, 0.3) is 0 Å². The maximum Gasteiger partial charge on any atom is 0.271 e. The number of hydrogen-bond donors (Lipinski definition) is 1.